The van der Waals surface area contributed by atoms with Gasteiger partial charge in [-0.2, -0.15) is 5.10 Å². The molecule has 0 unspecified atom stereocenters. The maximum Gasteiger partial charge on any atom is 0.282 e. The van der Waals surface area contributed by atoms with E-state index in [-0.39, 0.29) is 34.4 Å². The average Bonchev–Trinajstić information content (AvgIpc) is 3.32. The third-order valence-electron chi connectivity index (χ3n) is 4.02. The van der Waals surface area contributed by atoms with Crippen molar-refractivity contribution >= 4 is 44.9 Å². The van der Waals surface area contributed by atoms with E-state index in [0.29, 0.717) is 15.8 Å². The molecule has 0 radical (unpaired) electrons. The number of hydrogen-bond donors (Lipinski definition) is 1. The van der Waals surface area contributed by atoms with Gasteiger partial charge < -0.3 is 9.47 Å². The normalized spacial score (nSPS) is 12.4. The highest BCUT2D eigenvalue weighted by molar-refractivity contribution is 7.20. The number of benzene rings is 2. The van der Waals surface area contributed by atoms with Gasteiger partial charge in [0.2, 0.25) is 6.79 Å². The lowest BCUT2D eigenvalue weighted by atomic mass is 10.1. The third-order valence-corrected chi connectivity index (χ3v) is 5.14. The number of thiophene rings is 1. The smallest absolute Gasteiger partial charge is 0.282 e. The van der Waals surface area contributed by atoms with E-state index in [4.69, 9.17) is 9.47 Å². The van der Waals surface area contributed by atoms with Gasteiger partial charge in [0, 0.05) is 22.2 Å². The van der Waals surface area contributed by atoms with Crippen LogP contribution in [0.3, 0.4) is 0 Å². The van der Waals surface area contributed by atoms with Crippen molar-refractivity contribution in [1.29, 1.82) is 0 Å². The molecule has 12 heteroatoms. The van der Waals surface area contributed by atoms with E-state index in [9.17, 15) is 25.0 Å². The van der Waals surface area contributed by atoms with E-state index < -0.39 is 15.8 Å². The largest absolute Gasteiger partial charge is 0.454 e. The number of hydrazone groups is 1. The molecule has 0 fully saturated rings. The fourth-order valence-electron chi connectivity index (χ4n) is 2.68. The van der Waals surface area contributed by atoms with Crippen LogP contribution in [0.15, 0.2) is 41.5 Å². The van der Waals surface area contributed by atoms with Gasteiger partial charge in [-0.05, 0) is 18.2 Å². The van der Waals surface area contributed by atoms with Gasteiger partial charge in [0.05, 0.1) is 32.6 Å². The fraction of sp³-hybridized carbons (Fsp3) is 0.0588. The van der Waals surface area contributed by atoms with Gasteiger partial charge in [0.15, 0.2) is 11.5 Å². The molecule has 0 bridgehead atoms. The Morgan fingerprint density at radius 1 is 1.10 bits per heavy atom. The third kappa shape index (κ3) is 3.55. The second-order valence-electron chi connectivity index (χ2n) is 5.81. The molecule has 11 nitrogen and oxygen atoms in total. The number of nitrogens with zero attached hydrogens (tertiary/aromatic N) is 3. The minimum atomic E-state index is -0.593. The molecule has 1 N–H and O–H groups in total. The number of carbonyl (C=O) groups is 1. The lowest BCUT2D eigenvalue weighted by Gasteiger charge is -2.01. The summed E-state index contributed by atoms with van der Waals surface area (Å²) in [7, 11) is 0. The summed E-state index contributed by atoms with van der Waals surface area (Å²) in [5.41, 5.74) is 2.10. The zero-order chi connectivity index (χ0) is 20.5. The van der Waals surface area contributed by atoms with Crippen molar-refractivity contribution in [3.05, 3.63) is 67.1 Å². The Morgan fingerprint density at radius 2 is 1.86 bits per heavy atom. The highest BCUT2D eigenvalue weighted by atomic mass is 32.1. The molecule has 2 heterocycles. The molecule has 2 aromatic carbocycles. The summed E-state index contributed by atoms with van der Waals surface area (Å²) in [4.78, 5) is 33.6. The summed E-state index contributed by atoms with van der Waals surface area (Å²) >= 11 is 1.14. The molecule has 29 heavy (non-hydrogen) atoms. The minimum Gasteiger partial charge on any atom is -0.454 e. The van der Waals surface area contributed by atoms with Crippen LogP contribution < -0.4 is 14.9 Å². The maximum absolute atomic E-state index is 12.3. The number of hydrogen-bond acceptors (Lipinski definition) is 9. The molecule has 0 aliphatic carbocycles. The van der Waals surface area contributed by atoms with E-state index in [1.807, 2.05) is 0 Å². The molecule has 1 amide bonds. The Kier molecular flexibility index (Phi) is 4.52. The number of nitrogens with one attached hydrogen (secondary N) is 1. The summed E-state index contributed by atoms with van der Waals surface area (Å²) in [6, 6.07) is 8.44. The summed E-state index contributed by atoms with van der Waals surface area (Å²) in [6.07, 6.45) is 1.14. The molecule has 0 atom stereocenters. The molecule has 0 saturated heterocycles. The molecular formula is C17H10N4O7S. The predicted molar refractivity (Wildman–Crippen MR) is 103 cm³/mol. The molecule has 1 aromatic heterocycles. The SMILES string of the molecule is O=C(N/N=C/c1cc2c(cc1[N+](=O)[O-])OCO2)c1cc2cc([N+](=O)[O-])ccc2s1. The highest BCUT2D eigenvalue weighted by Gasteiger charge is 2.22. The quantitative estimate of drug-likeness (QED) is 0.383. The first-order chi connectivity index (χ1) is 13.9. The first kappa shape index (κ1) is 18.3. The van der Waals surface area contributed by atoms with Crippen LogP contribution in [-0.4, -0.2) is 28.8 Å². The van der Waals surface area contributed by atoms with Crippen LogP contribution in [0.5, 0.6) is 11.5 Å². The molecular weight excluding hydrogens is 404 g/mol. The van der Waals surface area contributed by atoms with Crippen LogP contribution in [0.25, 0.3) is 10.1 Å². The van der Waals surface area contributed by atoms with E-state index in [1.165, 1.54) is 30.3 Å². The van der Waals surface area contributed by atoms with Crippen molar-refractivity contribution < 1.29 is 24.1 Å². The highest BCUT2D eigenvalue weighted by Crippen LogP contribution is 2.37. The van der Waals surface area contributed by atoms with Crippen LogP contribution in [0.2, 0.25) is 0 Å². The average molecular weight is 414 g/mol. The van der Waals surface area contributed by atoms with Crippen LogP contribution in [-0.2, 0) is 0 Å². The van der Waals surface area contributed by atoms with Gasteiger partial charge in [-0.15, -0.1) is 11.3 Å². The van der Waals surface area contributed by atoms with Crippen molar-refractivity contribution in [2.75, 3.05) is 6.79 Å². The number of ether oxygens (including phenoxy) is 2. The lowest BCUT2D eigenvalue weighted by molar-refractivity contribution is -0.385. The Morgan fingerprint density at radius 3 is 2.59 bits per heavy atom. The second-order valence-corrected chi connectivity index (χ2v) is 6.89. The van der Waals surface area contributed by atoms with Crippen molar-refractivity contribution in [3.8, 4) is 11.5 Å². The fourth-order valence-corrected chi connectivity index (χ4v) is 3.61. The molecule has 3 aromatic rings. The topological polar surface area (TPSA) is 146 Å². The molecule has 146 valence electrons. The first-order valence-corrected chi connectivity index (χ1v) is 8.83. The van der Waals surface area contributed by atoms with E-state index in [0.717, 1.165) is 17.6 Å². The Labute approximate surface area is 165 Å². The van der Waals surface area contributed by atoms with Gasteiger partial charge in [-0.1, -0.05) is 0 Å². The van der Waals surface area contributed by atoms with Crippen molar-refractivity contribution in [2.24, 2.45) is 5.10 Å². The molecule has 1 aliphatic rings. The van der Waals surface area contributed by atoms with Crippen LogP contribution >= 0.6 is 11.3 Å². The van der Waals surface area contributed by atoms with Crippen LogP contribution in [0, 0.1) is 20.2 Å². The molecule has 0 saturated carbocycles. The number of fused-ring (bicyclic) bond motifs is 2. The first-order valence-electron chi connectivity index (χ1n) is 8.02. The Bertz CT molecular complexity index is 1200. The zero-order valence-electron chi connectivity index (χ0n) is 14.4. The van der Waals surface area contributed by atoms with Crippen molar-refractivity contribution in [2.45, 2.75) is 0 Å². The summed E-state index contributed by atoms with van der Waals surface area (Å²) in [5, 5.41) is 26.4. The number of amides is 1. The Hall–Kier alpha value is -4.06. The van der Waals surface area contributed by atoms with E-state index >= 15 is 0 Å². The van der Waals surface area contributed by atoms with Gasteiger partial charge in [0.1, 0.15) is 0 Å². The number of nitro groups is 2. The van der Waals surface area contributed by atoms with Crippen molar-refractivity contribution in [1.82, 2.24) is 5.43 Å². The molecule has 1 aliphatic heterocycles. The maximum atomic E-state index is 12.3. The van der Waals surface area contributed by atoms with Gasteiger partial charge in [0.25, 0.3) is 17.3 Å². The summed E-state index contributed by atoms with van der Waals surface area (Å²) < 4.78 is 11.0. The van der Waals surface area contributed by atoms with Gasteiger partial charge in [-0.25, -0.2) is 5.43 Å². The van der Waals surface area contributed by atoms with Gasteiger partial charge >= 0.3 is 0 Å². The number of non-ortho nitro benzene ring substituents is 1. The monoisotopic (exact) mass is 414 g/mol. The van der Waals surface area contributed by atoms with E-state index in [2.05, 4.69) is 10.5 Å². The predicted octanol–water partition coefficient (Wildman–Crippen LogP) is 3.21. The van der Waals surface area contributed by atoms with E-state index in [1.54, 1.807) is 6.07 Å². The summed E-state index contributed by atoms with van der Waals surface area (Å²) in [6.45, 7) is -0.0338. The van der Waals surface area contributed by atoms with Crippen molar-refractivity contribution in [3.63, 3.8) is 0 Å². The van der Waals surface area contributed by atoms with Gasteiger partial charge in [-0.3, -0.25) is 25.0 Å². The number of carbonyl (C=O) groups excluding carboxylic acids is 1. The standard InChI is InChI=1S/C17H10N4O7S/c22-17(16-5-9-3-11(20(23)24)1-2-15(9)29-16)19-18-7-10-4-13-14(28-8-27-13)6-12(10)21(25)26/h1-7H,8H2,(H,19,22)/b18-7+. The van der Waals surface area contributed by atoms with Crippen LogP contribution in [0.4, 0.5) is 11.4 Å². The minimum absolute atomic E-state index is 0.0338. The Balaban J connectivity index is 1.54. The number of nitro benzene ring substituents is 2. The molecule has 0 spiro atoms. The lowest BCUT2D eigenvalue weighted by Crippen LogP contribution is -2.16. The number of rotatable bonds is 5. The second kappa shape index (κ2) is 7.16. The van der Waals surface area contributed by atoms with Crippen LogP contribution in [0.1, 0.15) is 15.2 Å². The molecule has 4 rings (SSSR count). The zero-order valence-corrected chi connectivity index (χ0v) is 15.2. The summed E-state index contributed by atoms with van der Waals surface area (Å²) in [5.74, 6) is 0.0558.